The minimum atomic E-state index is 0.509. The van der Waals surface area contributed by atoms with Crippen molar-refractivity contribution >= 4 is 0 Å². The maximum absolute atomic E-state index is 6.10. The molecule has 0 bridgehead atoms. The highest BCUT2D eigenvalue weighted by Crippen LogP contribution is 2.34. The highest BCUT2D eigenvalue weighted by atomic mass is 16.5. The van der Waals surface area contributed by atoms with E-state index in [0.29, 0.717) is 12.2 Å². The Kier molecular flexibility index (Phi) is 4.22. The topological polar surface area (TPSA) is 21.7 Å². The van der Waals surface area contributed by atoms with Gasteiger partial charge in [0.2, 0.25) is 0 Å². The molecule has 0 aromatic heterocycles. The third kappa shape index (κ3) is 2.73. The van der Waals surface area contributed by atoms with Gasteiger partial charge in [0.25, 0.3) is 0 Å². The van der Waals surface area contributed by atoms with Crippen molar-refractivity contribution in [1.82, 2.24) is 4.90 Å². The molecular formula is C15H27NO2. The summed E-state index contributed by atoms with van der Waals surface area (Å²) >= 11 is 0. The van der Waals surface area contributed by atoms with E-state index in [-0.39, 0.29) is 0 Å². The van der Waals surface area contributed by atoms with Crippen molar-refractivity contribution in [3.63, 3.8) is 0 Å². The van der Waals surface area contributed by atoms with Gasteiger partial charge in [-0.3, -0.25) is 4.90 Å². The fourth-order valence-corrected chi connectivity index (χ4v) is 4.05. The molecular weight excluding hydrogens is 226 g/mol. The third-order valence-electron chi connectivity index (χ3n) is 5.26. The van der Waals surface area contributed by atoms with Crippen LogP contribution >= 0.6 is 0 Å². The molecule has 3 rings (SSSR count). The van der Waals surface area contributed by atoms with Crippen LogP contribution in [0.4, 0.5) is 0 Å². The van der Waals surface area contributed by atoms with E-state index in [2.05, 4.69) is 4.90 Å². The van der Waals surface area contributed by atoms with Gasteiger partial charge < -0.3 is 9.47 Å². The van der Waals surface area contributed by atoms with E-state index in [1.165, 1.54) is 57.9 Å². The fraction of sp³-hybridized carbons (Fsp3) is 1.00. The van der Waals surface area contributed by atoms with Gasteiger partial charge in [-0.1, -0.05) is 12.8 Å². The molecule has 2 aliphatic carbocycles. The van der Waals surface area contributed by atoms with Crippen molar-refractivity contribution in [3.05, 3.63) is 0 Å². The molecule has 1 saturated heterocycles. The number of ether oxygens (including phenoxy) is 2. The maximum Gasteiger partial charge on any atom is 0.0996 e. The van der Waals surface area contributed by atoms with Gasteiger partial charge in [0.1, 0.15) is 0 Å². The van der Waals surface area contributed by atoms with Gasteiger partial charge in [0, 0.05) is 19.7 Å². The van der Waals surface area contributed by atoms with Gasteiger partial charge in [0.05, 0.1) is 18.9 Å². The zero-order valence-electron chi connectivity index (χ0n) is 11.6. The van der Waals surface area contributed by atoms with E-state index < -0.39 is 0 Å². The summed E-state index contributed by atoms with van der Waals surface area (Å²) in [5.41, 5.74) is 0. The lowest BCUT2D eigenvalue weighted by Crippen LogP contribution is -2.51. The molecule has 1 aliphatic heterocycles. The molecule has 104 valence electrons. The minimum Gasteiger partial charge on any atom is -0.381 e. The standard InChI is InChI=1S/C15H27NO2/c1-17-14-8-6-13(7-9-14)16-10-12-4-2-3-5-15(12)18-11-16/h12-15H,2-11H2,1H3. The lowest BCUT2D eigenvalue weighted by molar-refractivity contribution is -0.136. The van der Waals surface area contributed by atoms with Crippen LogP contribution in [0.15, 0.2) is 0 Å². The van der Waals surface area contributed by atoms with E-state index in [4.69, 9.17) is 9.47 Å². The minimum absolute atomic E-state index is 0.509. The Balaban J connectivity index is 1.51. The monoisotopic (exact) mass is 253 g/mol. The van der Waals surface area contributed by atoms with E-state index in [0.717, 1.165) is 18.7 Å². The van der Waals surface area contributed by atoms with Gasteiger partial charge in [-0.05, 0) is 44.4 Å². The molecule has 1 heterocycles. The molecule has 0 aromatic carbocycles. The van der Waals surface area contributed by atoms with Crippen LogP contribution in [0.1, 0.15) is 51.4 Å². The van der Waals surface area contributed by atoms with Crippen molar-refractivity contribution in [3.8, 4) is 0 Å². The summed E-state index contributed by atoms with van der Waals surface area (Å²) in [6.07, 6.45) is 11.6. The summed E-state index contributed by atoms with van der Waals surface area (Å²) in [6, 6.07) is 0.749. The number of hydrogen-bond donors (Lipinski definition) is 0. The van der Waals surface area contributed by atoms with Crippen LogP contribution < -0.4 is 0 Å². The second-order valence-electron chi connectivity index (χ2n) is 6.32. The predicted molar refractivity (Wildman–Crippen MR) is 71.5 cm³/mol. The summed E-state index contributed by atoms with van der Waals surface area (Å²) < 4.78 is 11.6. The Morgan fingerprint density at radius 1 is 1.00 bits per heavy atom. The van der Waals surface area contributed by atoms with Crippen LogP contribution in [0.5, 0.6) is 0 Å². The Hall–Kier alpha value is -0.120. The summed E-state index contributed by atoms with van der Waals surface area (Å²) in [5, 5.41) is 0. The lowest BCUT2D eigenvalue weighted by atomic mass is 9.84. The van der Waals surface area contributed by atoms with Crippen LogP contribution in [-0.4, -0.2) is 43.5 Å². The molecule has 0 amide bonds. The molecule has 2 unspecified atom stereocenters. The van der Waals surface area contributed by atoms with Crippen molar-refractivity contribution in [2.24, 2.45) is 5.92 Å². The first-order chi connectivity index (χ1) is 8.86. The first-order valence-electron chi connectivity index (χ1n) is 7.75. The smallest absolute Gasteiger partial charge is 0.0996 e. The first kappa shape index (κ1) is 12.9. The SMILES string of the molecule is COC1CCC(N2COC3CCCCC3C2)CC1. The highest BCUT2D eigenvalue weighted by Gasteiger charge is 2.35. The average molecular weight is 253 g/mol. The molecule has 2 atom stereocenters. The number of nitrogens with zero attached hydrogens (tertiary/aromatic N) is 1. The Morgan fingerprint density at radius 3 is 2.56 bits per heavy atom. The molecule has 0 aromatic rings. The average Bonchev–Trinajstić information content (AvgIpc) is 2.47. The maximum atomic E-state index is 6.10. The number of hydrogen-bond acceptors (Lipinski definition) is 3. The Bertz CT molecular complexity index is 263. The lowest BCUT2D eigenvalue weighted by Gasteiger charge is -2.45. The zero-order chi connectivity index (χ0) is 12.4. The summed E-state index contributed by atoms with van der Waals surface area (Å²) in [5.74, 6) is 0.813. The zero-order valence-corrected chi connectivity index (χ0v) is 11.6. The summed E-state index contributed by atoms with van der Waals surface area (Å²) in [6.45, 7) is 2.16. The molecule has 3 fully saturated rings. The van der Waals surface area contributed by atoms with E-state index in [1.54, 1.807) is 0 Å². The van der Waals surface area contributed by atoms with Crippen molar-refractivity contribution < 1.29 is 9.47 Å². The molecule has 2 saturated carbocycles. The summed E-state index contributed by atoms with van der Waals surface area (Å²) in [4.78, 5) is 2.61. The van der Waals surface area contributed by atoms with Crippen LogP contribution in [0.3, 0.4) is 0 Å². The van der Waals surface area contributed by atoms with E-state index >= 15 is 0 Å². The Labute approximate surface area is 111 Å². The number of fused-ring (bicyclic) bond motifs is 1. The molecule has 0 spiro atoms. The summed E-state index contributed by atoms with van der Waals surface area (Å²) in [7, 11) is 1.85. The van der Waals surface area contributed by atoms with E-state index in [1.807, 2.05) is 7.11 Å². The molecule has 3 aliphatic rings. The number of rotatable bonds is 2. The molecule has 0 radical (unpaired) electrons. The highest BCUT2D eigenvalue weighted by molar-refractivity contribution is 4.86. The van der Waals surface area contributed by atoms with Gasteiger partial charge in [0.15, 0.2) is 0 Å². The van der Waals surface area contributed by atoms with Crippen LogP contribution in [0.2, 0.25) is 0 Å². The quantitative estimate of drug-likeness (QED) is 0.755. The Morgan fingerprint density at radius 2 is 1.78 bits per heavy atom. The van der Waals surface area contributed by atoms with Crippen molar-refractivity contribution in [2.45, 2.75) is 69.6 Å². The molecule has 18 heavy (non-hydrogen) atoms. The van der Waals surface area contributed by atoms with Gasteiger partial charge in [-0.25, -0.2) is 0 Å². The van der Waals surface area contributed by atoms with Crippen LogP contribution in [0, 0.1) is 5.92 Å². The van der Waals surface area contributed by atoms with Gasteiger partial charge in [-0.2, -0.15) is 0 Å². The normalized spacial score (nSPS) is 42.5. The number of methoxy groups -OCH3 is 1. The largest absolute Gasteiger partial charge is 0.381 e. The first-order valence-corrected chi connectivity index (χ1v) is 7.75. The van der Waals surface area contributed by atoms with Crippen molar-refractivity contribution in [1.29, 1.82) is 0 Å². The second kappa shape index (κ2) is 5.89. The predicted octanol–water partition coefficient (Wildman–Crippen LogP) is 2.79. The molecule has 0 N–H and O–H groups in total. The fourth-order valence-electron chi connectivity index (χ4n) is 4.05. The van der Waals surface area contributed by atoms with Crippen LogP contribution in [0.25, 0.3) is 0 Å². The van der Waals surface area contributed by atoms with Crippen LogP contribution in [-0.2, 0) is 9.47 Å². The van der Waals surface area contributed by atoms with E-state index in [9.17, 15) is 0 Å². The molecule has 3 heteroatoms. The molecule has 3 nitrogen and oxygen atoms in total. The third-order valence-corrected chi connectivity index (χ3v) is 5.26. The van der Waals surface area contributed by atoms with Gasteiger partial charge in [-0.15, -0.1) is 0 Å². The van der Waals surface area contributed by atoms with Crippen molar-refractivity contribution in [2.75, 3.05) is 20.4 Å². The second-order valence-corrected chi connectivity index (χ2v) is 6.32. The van der Waals surface area contributed by atoms with Gasteiger partial charge >= 0.3 is 0 Å².